The molecule has 144 valence electrons. The molecule has 0 bridgehead atoms. The van der Waals surface area contributed by atoms with Crippen molar-refractivity contribution >= 4 is 16.9 Å². The van der Waals surface area contributed by atoms with E-state index >= 15 is 0 Å². The number of hydrogen-bond acceptors (Lipinski definition) is 2. The topological polar surface area (TPSA) is 26.3 Å². The fraction of sp³-hybridized carbons (Fsp3) is 0.0952. The van der Waals surface area contributed by atoms with Gasteiger partial charge in [0.05, 0.1) is 0 Å². The predicted octanol–water partition coefficient (Wildman–Crippen LogP) is 5.64. The highest BCUT2D eigenvalue weighted by molar-refractivity contribution is 7.97. The Morgan fingerprint density at radius 1 is 0.857 bits per heavy atom. The molecule has 0 atom stereocenters. The second kappa shape index (κ2) is 8.48. The van der Waals surface area contributed by atoms with E-state index in [-0.39, 0.29) is 5.56 Å². The molecular formula is C21H15F4O2S+. The van der Waals surface area contributed by atoms with E-state index in [1.54, 1.807) is 0 Å². The molecule has 0 aliphatic carbocycles. The highest BCUT2D eigenvalue weighted by atomic mass is 32.2. The molecule has 0 fully saturated rings. The third-order valence-electron chi connectivity index (χ3n) is 3.71. The third kappa shape index (κ3) is 4.92. The first-order chi connectivity index (χ1) is 13.3. The zero-order chi connectivity index (χ0) is 20.1. The van der Waals surface area contributed by atoms with Gasteiger partial charge in [0, 0.05) is 0 Å². The largest absolute Gasteiger partial charge is 0.452 e. The Kier molecular flexibility index (Phi) is 6.04. The maximum Gasteiger partial charge on any atom is 0.422 e. The van der Waals surface area contributed by atoms with Crippen molar-refractivity contribution in [3.8, 4) is 0 Å². The number of hydrogen-bond donors (Lipinski definition) is 0. The van der Waals surface area contributed by atoms with Gasteiger partial charge in [-0.2, -0.15) is 13.2 Å². The summed E-state index contributed by atoms with van der Waals surface area (Å²) in [5.41, 5.74) is -0.222. The molecule has 0 aliphatic heterocycles. The van der Waals surface area contributed by atoms with E-state index in [4.69, 9.17) is 0 Å². The van der Waals surface area contributed by atoms with Gasteiger partial charge in [0.15, 0.2) is 21.3 Å². The van der Waals surface area contributed by atoms with Crippen LogP contribution in [0.5, 0.6) is 0 Å². The van der Waals surface area contributed by atoms with E-state index in [1.165, 1.54) is 12.1 Å². The summed E-state index contributed by atoms with van der Waals surface area (Å²) in [5.74, 6) is -1.94. The Labute approximate surface area is 162 Å². The molecule has 0 saturated carbocycles. The van der Waals surface area contributed by atoms with Crippen molar-refractivity contribution in [1.29, 1.82) is 0 Å². The molecule has 0 N–H and O–H groups in total. The normalized spacial score (nSPS) is 11.5. The lowest BCUT2D eigenvalue weighted by molar-refractivity contribution is -0.161. The highest BCUT2D eigenvalue weighted by Crippen LogP contribution is 2.34. The zero-order valence-corrected chi connectivity index (χ0v) is 15.3. The third-order valence-corrected chi connectivity index (χ3v) is 5.99. The first kappa shape index (κ1) is 19.9. The van der Waals surface area contributed by atoms with Crippen LogP contribution < -0.4 is 0 Å². The van der Waals surface area contributed by atoms with Crippen LogP contribution in [0.3, 0.4) is 0 Å². The van der Waals surface area contributed by atoms with Crippen LogP contribution in [0.4, 0.5) is 17.6 Å². The minimum absolute atomic E-state index is 0.222. The average Bonchev–Trinajstić information content (AvgIpc) is 2.68. The Balaban J connectivity index is 2.09. The number of carbonyl (C=O) groups is 1. The zero-order valence-electron chi connectivity index (χ0n) is 14.4. The molecule has 2 nitrogen and oxygen atoms in total. The number of ether oxygens (including phenoxy) is 1. The van der Waals surface area contributed by atoms with Gasteiger partial charge < -0.3 is 4.74 Å². The summed E-state index contributed by atoms with van der Waals surface area (Å²) in [5, 5.41) is 0. The van der Waals surface area contributed by atoms with Crippen LogP contribution in [0.1, 0.15) is 10.4 Å². The fourth-order valence-corrected chi connectivity index (χ4v) is 4.77. The van der Waals surface area contributed by atoms with Crippen LogP contribution in [-0.4, -0.2) is 18.8 Å². The van der Waals surface area contributed by atoms with Gasteiger partial charge in [-0.15, -0.1) is 0 Å². The van der Waals surface area contributed by atoms with Gasteiger partial charge in [0.25, 0.3) is 0 Å². The summed E-state index contributed by atoms with van der Waals surface area (Å²) in [4.78, 5) is 14.4. The highest BCUT2D eigenvalue weighted by Gasteiger charge is 2.36. The van der Waals surface area contributed by atoms with Gasteiger partial charge in [0.1, 0.15) is 22.3 Å². The molecule has 3 aromatic carbocycles. The van der Waals surface area contributed by atoms with Crippen LogP contribution in [-0.2, 0) is 15.6 Å². The van der Waals surface area contributed by atoms with E-state index in [2.05, 4.69) is 4.74 Å². The first-order valence-corrected chi connectivity index (χ1v) is 9.45. The number of esters is 1. The molecule has 3 aromatic rings. The van der Waals surface area contributed by atoms with Gasteiger partial charge in [-0.25, -0.2) is 9.18 Å². The predicted molar refractivity (Wildman–Crippen MR) is 97.8 cm³/mol. The standard InChI is InChI=1S/C21H15F4O2S/c22-15-11-12-19(18(13-15)20(26)27-14-21(23,24)25)28(16-7-3-1-4-8-16)17-9-5-2-6-10-17/h1-13H,14H2/q+1. The SMILES string of the molecule is O=C(OCC(F)(F)F)c1cc(F)ccc1[S+](c1ccccc1)c1ccccc1. The summed E-state index contributed by atoms with van der Waals surface area (Å²) < 4.78 is 55.6. The van der Waals surface area contributed by atoms with Gasteiger partial charge in [-0.05, 0) is 42.5 Å². The Morgan fingerprint density at radius 3 is 1.89 bits per heavy atom. The Hall–Kier alpha value is -2.80. The summed E-state index contributed by atoms with van der Waals surface area (Å²) in [6.07, 6.45) is -4.66. The second-order valence-corrected chi connectivity index (χ2v) is 7.76. The average molecular weight is 407 g/mol. The van der Waals surface area contributed by atoms with Crippen molar-refractivity contribution in [1.82, 2.24) is 0 Å². The molecule has 7 heteroatoms. The molecule has 0 amide bonds. The van der Waals surface area contributed by atoms with Crippen molar-refractivity contribution in [3.63, 3.8) is 0 Å². The summed E-state index contributed by atoms with van der Waals surface area (Å²) in [6.45, 7) is -1.73. The monoisotopic (exact) mass is 407 g/mol. The minimum Gasteiger partial charge on any atom is -0.452 e. The summed E-state index contributed by atoms with van der Waals surface area (Å²) >= 11 is 0. The van der Waals surface area contributed by atoms with E-state index in [1.807, 2.05) is 60.7 Å². The summed E-state index contributed by atoms with van der Waals surface area (Å²) in [7, 11) is -0.829. The van der Waals surface area contributed by atoms with E-state index in [0.29, 0.717) is 4.90 Å². The minimum atomic E-state index is -4.66. The molecule has 0 radical (unpaired) electrons. The smallest absolute Gasteiger partial charge is 0.422 e. The van der Waals surface area contributed by atoms with Crippen molar-refractivity contribution in [2.24, 2.45) is 0 Å². The van der Waals surface area contributed by atoms with Gasteiger partial charge >= 0.3 is 12.1 Å². The molecule has 0 heterocycles. The number of halogens is 4. The van der Waals surface area contributed by atoms with Gasteiger partial charge in [-0.3, -0.25) is 0 Å². The van der Waals surface area contributed by atoms with E-state index in [0.717, 1.165) is 15.9 Å². The van der Waals surface area contributed by atoms with Gasteiger partial charge in [0.2, 0.25) is 0 Å². The summed E-state index contributed by atoms with van der Waals surface area (Å²) in [6, 6.07) is 21.9. The molecule has 0 aliphatic rings. The van der Waals surface area contributed by atoms with Crippen molar-refractivity contribution in [2.75, 3.05) is 6.61 Å². The Bertz CT molecular complexity index is 904. The maximum absolute atomic E-state index is 13.8. The van der Waals surface area contributed by atoms with Crippen LogP contribution in [0.15, 0.2) is 93.5 Å². The number of benzene rings is 3. The van der Waals surface area contributed by atoms with Gasteiger partial charge in [-0.1, -0.05) is 36.4 Å². The van der Waals surface area contributed by atoms with Crippen molar-refractivity contribution in [2.45, 2.75) is 20.9 Å². The molecule has 0 saturated heterocycles. The maximum atomic E-state index is 13.8. The van der Waals surface area contributed by atoms with Crippen LogP contribution in [0.2, 0.25) is 0 Å². The number of rotatable bonds is 5. The van der Waals surface area contributed by atoms with Crippen molar-refractivity contribution < 1.29 is 27.1 Å². The van der Waals surface area contributed by atoms with E-state index in [9.17, 15) is 22.4 Å². The molecule has 0 spiro atoms. The van der Waals surface area contributed by atoms with Crippen LogP contribution >= 0.6 is 0 Å². The molecule has 0 aromatic heterocycles. The number of alkyl halides is 3. The Morgan fingerprint density at radius 2 is 1.39 bits per heavy atom. The molecule has 3 rings (SSSR count). The lowest BCUT2D eigenvalue weighted by atomic mass is 10.2. The lowest BCUT2D eigenvalue weighted by Gasteiger charge is -2.13. The van der Waals surface area contributed by atoms with Crippen LogP contribution in [0.25, 0.3) is 0 Å². The lowest BCUT2D eigenvalue weighted by Crippen LogP contribution is -2.22. The molecule has 28 heavy (non-hydrogen) atoms. The fourth-order valence-electron chi connectivity index (χ4n) is 2.57. The van der Waals surface area contributed by atoms with E-state index < -0.39 is 35.5 Å². The number of carbonyl (C=O) groups excluding carboxylic acids is 1. The van der Waals surface area contributed by atoms with Crippen molar-refractivity contribution in [3.05, 3.63) is 90.2 Å². The quantitative estimate of drug-likeness (QED) is 0.311. The first-order valence-electron chi connectivity index (χ1n) is 8.23. The molecular weight excluding hydrogens is 392 g/mol. The molecule has 0 unspecified atom stereocenters. The second-order valence-electron chi connectivity index (χ2n) is 5.76. The van der Waals surface area contributed by atoms with Crippen LogP contribution in [0, 0.1) is 5.82 Å².